The van der Waals surface area contributed by atoms with Gasteiger partial charge in [0.15, 0.2) is 5.78 Å². The van der Waals surface area contributed by atoms with Gasteiger partial charge in [0.05, 0.1) is 18.2 Å². The summed E-state index contributed by atoms with van der Waals surface area (Å²) in [7, 11) is 1.75. The number of Topliss-reactive ketones (excluding diaryl/α,β-unsaturated/α-hetero) is 1. The third-order valence-electron chi connectivity index (χ3n) is 2.84. The summed E-state index contributed by atoms with van der Waals surface area (Å²) in [5, 5.41) is 11.7. The first-order valence-corrected chi connectivity index (χ1v) is 5.48. The molecule has 0 atom stereocenters. The van der Waals surface area contributed by atoms with Crippen LogP contribution in [0, 0.1) is 11.3 Å². The molecule has 3 heteroatoms. The Labute approximate surface area is 95.1 Å². The molecular formula is C13H14N2O. The highest BCUT2D eigenvalue weighted by atomic mass is 16.1. The van der Waals surface area contributed by atoms with Gasteiger partial charge in [-0.1, -0.05) is 6.07 Å². The van der Waals surface area contributed by atoms with Crippen LogP contribution >= 0.6 is 0 Å². The third kappa shape index (κ3) is 2.12. The van der Waals surface area contributed by atoms with Crippen molar-refractivity contribution in [2.24, 2.45) is 0 Å². The highest BCUT2D eigenvalue weighted by Crippen LogP contribution is 2.41. The van der Waals surface area contributed by atoms with Crippen LogP contribution in [0.25, 0.3) is 0 Å². The molecule has 16 heavy (non-hydrogen) atoms. The Morgan fingerprint density at radius 1 is 1.56 bits per heavy atom. The van der Waals surface area contributed by atoms with Crippen molar-refractivity contribution in [3.8, 4) is 6.07 Å². The Hall–Kier alpha value is -1.66. The Morgan fingerprint density at radius 2 is 2.31 bits per heavy atom. The molecule has 82 valence electrons. The van der Waals surface area contributed by atoms with Crippen molar-refractivity contribution >= 4 is 5.78 Å². The first kappa shape index (κ1) is 10.8. The van der Waals surface area contributed by atoms with E-state index in [9.17, 15) is 4.79 Å². The number of benzene rings is 1. The molecule has 0 aliphatic heterocycles. The van der Waals surface area contributed by atoms with E-state index in [1.165, 1.54) is 0 Å². The minimum atomic E-state index is 0.0708. The van der Waals surface area contributed by atoms with Gasteiger partial charge in [0, 0.05) is 5.56 Å². The van der Waals surface area contributed by atoms with Crippen LogP contribution in [0.1, 0.15) is 40.2 Å². The average molecular weight is 214 g/mol. The van der Waals surface area contributed by atoms with Crippen molar-refractivity contribution in [2.75, 3.05) is 13.6 Å². The van der Waals surface area contributed by atoms with E-state index in [1.807, 2.05) is 6.07 Å². The molecule has 0 amide bonds. The Balaban J connectivity index is 2.38. The number of nitriles is 1. The number of nitrogens with zero attached hydrogens (tertiary/aromatic N) is 1. The van der Waals surface area contributed by atoms with E-state index in [4.69, 9.17) is 5.26 Å². The zero-order chi connectivity index (χ0) is 11.5. The van der Waals surface area contributed by atoms with Crippen molar-refractivity contribution in [1.29, 1.82) is 5.26 Å². The molecule has 1 aliphatic rings. The number of carbonyl (C=O) groups excluding carboxylic acids is 1. The van der Waals surface area contributed by atoms with E-state index in [0.29, 0.717) is 18.0 Å². The predicted octanol–water partition coefficient (Wildman–Crippen LogP) is 1.84. The topological polar surface area (TPSA) is 52.9 Å². The molecule has 1 aliphatic carbocycles. The summed E-state index contributed by atoms with van der Waals surface area (Å²) >= 11 is 0. The molecule has 0 aromatic heterocycles. The summed E-state index contributed by atoms with van der Waals surface area (Å²) in [6, 6.07) is 7.52. The van der Waals surface area contributed by atoms with E-state index < -0.39 is 0 Å². The number of hydrogen-bond donors (Lipinski definition) is 1. The summed E-state index contributed by atoms with van der Waals surface area (Å²) in [4.78, 5) is 11.9. The first-order valence-electron chi connectivity index (χ1n) is 5.48. The zero-order valence-electron chi connectivity index (χ0n) is 9.29. The molecule has 0 heterocycles. The smallest absolute Gasteiger partial charge is 0.176 e. The van der Waals surface area contributed by atoms with E-state index in [2.05, 4.69) is 11.4 Å². The molecule has 1 fully saturated rings. The van der Waals surface area contributed by atoms with Crippen LogP contribution in [0.4, 0.5) is 0 Å². The van der Waals surface area contributed by atoms with Gasteiger partial charge in [-0.3, -0.25) is 4.79 Å². The lowest BCUT2D eigenvalue weighted by Crippen LogP contribution is -2.19. The Bertz CT molecular complexity index is 455. The summed E-state index contributed by atoms with van der Waals surface area (Å²) < 4.78 is 0. The van der Waals surface area contributed by atoms with E-state index in [1.54, 1.807) is 19.2 Å². The van der Waals surface area contributed by atoms with Gasteiger partial charge in [-0.25, -0.2) is 0 Å². The average Bonchev–Trinajstić information content (AvgIpc) is 3.12. The normalized spacial score (nSPS) is 14.5. The van der Waals surface area contributed by atoms with Crippen LogP contribution < -0.4 is 5.32 Å². The van der Waals surface area contributed by atoms with Gasteiger partial charge in [0.25, 0.3) is 0 Å². The monoisotopic (exact) mass is 214 g/mol. The summed E-state index contributed by atoms with van der Waals surface area (Å²) in [6.07, 6.45) is 2.32. The van der Waals surface area contributed by atoms with Crippen molar-refractivity contribution in [3.05, 3.63) is 34.9 Å². The van der Waals surface area contributed by atoms with Gasteiger partial charge >= 0.3 is 0 Å². The SMILES string of the molecule is CNCC(=O)c1cc(C#N)ccc1C1CC1. The number of ketones is 1. The largest absolute Gasteiger partial charge is 0.313 e. The lowest BCUT2D eigenvalue weighted by molar-refractivity contribution is 0.0992. The standard InChI is InChI=1S/C13H14N2O/c1-15-8-13(16)12-6-9(7-14)2-5-11(12)10-3-4-10/h2,5-6,10,15H,3-4,8H2,1H3. The maximum absolute atomic E-state index is 11.9. The number of likely N-dealkylation sites (N-methyl/N-ethyl adjacent to an activating group) is 1. The van der Waals surface area contributed by atoms with Crippen molar-refractivity contribution < 1.29 is 4.79 Å². The zero-order valence-corrected chi connectivity index (χ0v) is 9.29. The molecule has 0 saturated heterocycles. The number of rotatable bonds is 4. The molecule has 0 unspecified atom stereocenters. The second-order valence-corrected chi connectivity index (χ2v) is 4.14. The molecule has 1 aromatic carbocycles. The van der Waals surface area contributed by atoms with Gasteiger partial charge in [-0.05, 0) is 43.5 Å². The van der Waals surface area contributed by atoms with Crippen LogP contribution in [-0.4, -0.2) is 19.4 Å². The minimum Gasteiger partial charge on any atom is -0.313 e. The van der Waals surface area contributed by atoms with Crippen LogP contribution in [0.5, 0.6) is 0 Å². The summed E-state index contributed by atoms with van der Waals surface area (Å²) in [5.41, 5.74) is 2.39. The van der Waals surface area contributed by atoms with Gasteiger partial charge < -0.3 is 5.32 Å². The molecular weight excluding hydrogens is 200 g/mol. The summed E-state index contributed by atoms with van der Waals surface area (Å²) in [5.74, 6) is 0.602. The number of hydrogen-bond acceptors (Lipinski definition) is 3. The first-order chi connectivity index (χ1) is 7.76. The molecule has 0 bridgehead atoms. The number of nitrogens with one attached hydrogen (secondary N) is 1. The second-order valence-electron chi connectivity index (χ2n) is 4.14. The van der Waals surface area contributed by atoms with Gasteiger partial charge in [0.1, 0.15) is 0 Å². The fraction of sp³-hybridized carbons (Fsp3) is 0.385. The Kier molecular flexibility index (Phi) is 3.02. The molecule has 1 aromatic rings. The van der Waals surface area contributed by atoms with Crippen LogP contribution in [-0.2, 0) is 0 Å². The third-order valence-corrected chi connectivity index (χ3v) is 2.84. The van der Waals surface area contributed by atoms with Crippen LogP contribution in [0.2, 0.25) is 0 Å². The molecule has 1 saturated carbocycles. The van der Waals surface area contributed by atoms with Crippen LogP contribution in [0.3, 0.4) is 0 Å². The molecule has 2 rings (SSSR count). The van der Waals surface area contributed by atoms with Crippen molar-refractivity contribution in [3.63, 3.8) is 0 Å². The lowest BCUT2D eigenvalue weighted by atomic mass is 9.97. The van der Waals surface area contributed by atoms with Crippen molar-refractivity contribution in [2.45, 2.75) is 18.8 Å². The highest BCUT2D eigenvalue weighted by Gasteiger charge is 2.27. The number of carbonyl (C=O) groups is 1. The van der Waals surface area contributed by atoms with Crippen molar-refractivity contribution in [1.82, 2.24) is 5.32 Å². The second kappa shape index (κ2) is 4.46. The van der Waals surface area contributed by atoms with E-state index in [0.717, 1.165) is 24.0 Å². The maximum atomic E-state index is 11.9. The predicted molar refractivity (Wildman–Crippen MR) is 61.4 cm³/mol. The molecule has 0 radical (unpaired) electrons. The fourth-order valence-corrected chi connectivity index (χ4v) is 1.87. The Morgan fingerprint density at radius 3 is 2.88 bits per heavy atom. The minimum absolute atomic E-state index is 0.0708. The van der Waals surface area contributed by atoms with Crippen LogP contribution in [0.15, 0.2) is 18.2 Å². The van der Waals surface area contributed by atoms with Gasteiger partial charge in [0.2, 0.25) is 0 Å². The summed E-state index contributed by atoms with van der Waals surface area (Å²) in [6.45, 7) is 0.328. The fourth-order valence-electron chi connectivity index (χ4n) is 1.87. The molecule has 1 N–H and O–H groups in total. The van der Waals surface area contributed by atoms with Gasteiger partial charge in [-0.15, -0.1) is 0 Å². The molecule has 3 nitrogen and oxygen atoms in total. The lowest BCUT2D eigenvalue weighted by Gasteiger charge is -2.07. The molecule has 0 spiro atoms. The van der Waals surface area contributed by atoms with Gasteiger partial charge in [-0.2, -0.15) is 5.26 Å². The van der Waals surface area contributed by atoms with E-state index >= 15 is 0 Å². The van der Waals surface area contributed by atoms with E-state index in [-0.39, 0.29) is 5.78 Å². The highest BCUT2D eigenvalue weighted by molar-refractivity contribution is 5.99. The maximum Gasteiger partial charge on any atom is 0.176 e. The quantitative estimate of drug-likeness (QED) is 0.778.